The van der Waals surface area contributed by atoms with Crippen molar-refractivity contribution in [2.45, 2.75) is 31.6 Å². The monoisotopic (exact) mass is 387 g/mol. The Labute approximate surface area is 170 Å². The fraction of sp³-hybridized carbons (Fsp3) is 0.280. The minimum atomic E-state index is -0.768. The van der Waals surface area contributed by atoms with Crippen molar-refractivity contribution >= 4 is 22.6 Å². The van der Waals surface area contributed by atoms with Crippen LogP contribution in [0.3, 0.4) is 0 Å². The molecule has 1 aliphatic heterocycles. The van der Waals surface area contributed by atoms with E-state index in [1.54, 1.807) is 0 Å². The second-order valence-electron chi connectivity index (χ2n) is 7.77. The van der Waals surface area contributed by atoms with Crippen molar-refractivity contribution in [2.24, 2.45) is 0 Å². The lowest BCUT2D eigenvalue weighted by Crippen LogP contribution is -2.37. The highest BCUT2D eigenvalue weighted by Gasteiger charge is 2.24. The summed E-state index contributed by atoms with van der Waals surface area (Å²) in [7, 11) is 0. The molecule has 0 bridgehead atoms. The van der Waals surface area contributed by atoms with Crippen LogP contribution in [0.1, 0.15) is 46.7 Å². The highest BCUT2D eigenvalue weighted by atomic mass is 16.4. The summed E-state index contributed by atoms with van der Waals surface area (Å²) in [6.07, 6.45) is 2.58. The van der Waals surface area contributed by atoms with Crippen molar-refractivity contribution in [3.05, 3.63) is 83.4 Å². The molecule has 0 aliphatic carbocycles. The fourth-order valence-corrected chi connectivity index (χ4v) is 4.17. The molecule has 1 N–H and O–H groups in total. The molecule has 4 rings (SSSR count). The molecule has 0 radical (unpaired) electrons. The molecule has 4 heteroatoms. The predicted octanol–water partition coefficient (Wildman–Crippen LogP) is 4.88. The minimum Gasteiger partial charge on any atom is -0.481 e. The Bertz CT molecular complexity index is 1030. The van der Waals surface area contributed by atoms with E-state index >= 15 is 0 Å². The van der Waals surface area contributed by atoms with Crippen molar-refractivity contribution in [1.29, 1.82) is 0 Å². The van der Waals surface area contributed by atoms with Gasteiger partial charge in [-0.3, -0.25) is 9.59 Å². The number of aliphatic carboxylic acids is 1. The molecule has 1 fully saturated rings. The predicted molar refractivity (Wildman–Crippen MR) is 114 cm³/mol. The number of likely N-dealkylation sites (tertiary alicyclic amines) is 1. The van der Waals surface area contributed by atoms with Gasteiger partial charge in [-0.15, -0.1) is 0 Å². The zero-order valence-electron chi connectivity index (χ0n) is 16.4. The number of carboxylic acid groups (broad SMARTS) is 1. The number of carbonyl (C=O) groups excluding carboxylic acids is 1. The molecule has 0 spiro atoms. The van der Waals surface area contributed by atoms with E-state index in [1.165, 1.54) is 5.56 Å². The van der Waals surface area contributed by atoms with Crippen LogP contribution in [0.2, 0.25) is 0 Å². The van der Waals surface area contributed by atoms with Gasteiger partial charge in [0.25, 0.3) is 5.91 Å². The van der Waals surface area contributed by atoms with Gasteiger partial charge in [-0.25, -0.2) is 0 Å². The van der Waals surface area contributed by atoms with Crippen LogP contribution in [-0.2, 0) is 11.2 Å². The number of carboxylic acids is 1. The lowest BCUT2D eigenvalue weighted by Gasteiger charge is -2.32. The van der Waals surface area contributed by atoms with E-state index in [-0.39, 0.29) is 12.3 Å². The summed E-state index contributed by atoms with van der Waals surface area (Å²) in [6, 6.07) is 22.3. The lowest BCUT2D eigenvalue weighted by molar-refractivity contribution is -0.136. The quantitative estimate of drug-likeness (QED) is 0.679. The molecule has 4 nitrogen and oxygen atoms in total. The van der Waals surface area contributed by atoms with E-state index in [2.05, 4.69) is 18.2 Å². The van der Waals surface area contributed by atoms with Crippen LogP contribution in [0.5, 0.6) is 0 Å². The first-order chi connectivity index (χ1) is 14.1. The number of benzene rings is 3. The summed E-state index contributed by atoms with van der Waals surface area (Å²) in [4.78, 5) is 25.7. The highest BCUT2D eigenvalue weighted by Crippen LogP contribution is 2.29. The third-order valence-electron chi connectivity index (χ3n) is 5.83. The Morgan fingerprint density at radius 2 is 1.66 bits per heavy atom. The summed E-state index contributed by atoms with van der Waals surface area (Å²) in [6.45, 7) is 1.49. The van der Waals surface area contributed by atoms with Crippen molar-refractivity contribution in [3.8, 4) is 0 Å². The minimum absolute atomic E-state index is 0.101. The average Bonchev–Trinajstić information content (AvgIpc) is 2.77. The first kappa shape index (κ1) is 19.2. The van der Waals surface area contributed by atoms with Crippen LogP contribution in [-0.4, -0.2) is 35.0 Å². The van der Waals surface area contributed by atoms with Gasteiger partial charge in [-0.2, -0.15) is 0 Å². The molecule has 0 atom stereocenters. The van der Waals surface area contributed by atoms with Crippen molar-refractivity contribution < 1.29 is 14.7 Å². The first-order valence-electron chi connectivity index (χ1n) is 10.2. The van der Waals surface area contributed by atoms with Crippen LogP contribution >= 0.6 is 0 Å². The maximum atomic E-state index is 13.0. The van der Waals surface area contributed by atoms with Crippen molar-refractivity contribution in [2.75, 3.05) is 13.1 Å². The van der Waals surface area contributed by atoms with Crippen LogP contribution in [0.4, 0.5) is 0 Å². The largest absolute Gasteiger partial charge is 0.481 e. The van der Waals surface area contributed by atoms with Gasteiger partial charge < -0.3 is 10.0 Å². The van der Waals surface area contributed by atoms with Crippen LogP contribution in [0.25, 0.3) is 10.8 Å². The Kier molecular flexibility index (Phi) is 5.61. The van der Waals surface area contributed by atoms with Gasteiger partial charge in [-0.05, 0) is 59.2 Å². The Morgan fingerprint density at radius 3 is 2.41 bits per heavy atom. The topological polar surface area (TPSA) is 57.6 Å². The molecule has 3 aromatic rings. The fourth-order valence-electron chi connectivity index (χ4n) is 4.17. The molecular weight excluding hydrogens is 362 g/mol. The summed E-state index contributed by atoms with van der Waals surface area (Å²) in [5, 5.41) is 11.1. The zero-order chi connectivity index (χ0) is 20.2. The second-order valence-corrected chi connectivity index (χ2v) is 7.77. The SMILES string of the molecule is O=C(O)CCc1cccc(C2CCN(C(=O)c3ccc4ccccc4c3)CC2)c1. The molecule has 1 amide bonds. The van der Waals surface area contributed by atoms with Crippen LogP contribution in [0.15, 0.2) is 66.7 Å². The Morgan fingerprint density at radius 1 is 0.897 bits per heavy atom. The smallest absolute Gasteiger partial charge is 0.303 e. The molecule has 148 valence electrons. The third-order valence-corrected chi connectivity index (χ3v) is 5.83. The molecule has 3 aromatic carbocycles. The number of carbonyl (C=O) groups is 2. The third kappa shape index (κ3) is 4.48. The molecule has 1 aliphatic rings. The van der Waals surface area contributed by atoms with Gasteiger partial charge in [0.1, 0.15) is 0 Å². The molecule has 0 saturated carbocycles. The normalized spacial score (nSPS) is 14.8. The number of rotatable bonds is 5. The van der Waals surface area contributed by atoms with Gasteiger partial charge in [0, 0.05) is 25.1 Å². The molecule has 0 aromatic heterocycles. The number of fused-ring (bicyclic) bond motifs is 1. The van der Waals surface area contributed by atoms with E-state index in [4.69, 9.17) is 5.11 Å². The number of amides is 1. The van der Waals surface area contributed by atoms with E-state index in [9.17, 15) is 9.59 Å². The summed E-state index contributed by atoms with van der Waals surface area (Å²) in [5.74, 6) is -0.249. The Balaban J connectivity index is 1.40. The summed E-state index contributed by atoms with van der Waals surface area (Å²) < 4.78 is 0. The van der Waals surface area contributed by atoms with Crippen LogP contribution < -0.4 is 0 Å². The average molecular weight is 387 g/mol. The molecule has 0 unspecified atom stereocenters. The summed E-state index contributed by atoms with van der Waals surface area (Å²) in [5.41, 5.74) is 3.07. The standard InChI is InChI=1S/C25H25NO3/c27-24(28)11-8-18-4-3-7-21(16-18)20-12-14-26(15-13-20)25(29)23-10-9-19-5-1-2-6-22(19)17-23/h1-7,9-10,16-17,20H,8,11-15H2,(H,27,28). The van der Waals surface area contributed by atoms with E-state index in [1.807, 2.05) is 53.4 Å². The number of hydrogen-bond acceptors (Lipinski definition) is 2. The zero-order valence-corrected chi connectivity index (χ0v) is 16.4. The maximum absolute atomic E-state index is 13.0. The van der Waals surface area contributed by atoms with Gasteiger partial charge in [-0.1, -0.05) is 54.6 Å². The summed E-state index contributed by atoms with van der Waals surface area (Å²) >= 11 is 0. The van der Waals surface area contributed by atoms with Crippen molar-refractivity contribution in [1.82, 2.24) is 4.90 Å². The number of hydrogen-bond donors (Lipinski definition) is 1. The van der Waals surface area contributed by atoms with Crippen LogP contribution in [0, 0.1) is 0 Å². The maximum Gasteiger partial charge on any atom is 0.303 e. The Hall–Kier alpha value is -3.14. The van der Waals surface area contributed by atoms with Gasteiger partial charge in [0.05, 0.1) is 0 Å². The molecule has 29 heavy (non-hydrogen) atoms. The van der Waals surface area contributed by atoms with E-state index in [0.717, 1.165) is 47.8 Å². The molecule has 1 heterocycles. The number of piperidine rings is 1. The molecule has 1 saturated heterocycles. The van der Waals surface area contributed by atoms with Gasteiger partial charge >= 0.3 is 5.97 Å². The first-order valence-corrected chi connectivity index (χ1v) is 10.2. The van der Waals surface area contributed by atoms with Gasteiger partial charge in [0.15, 0.2) is 0 Å². The van der Waals surface area contributed by atoms with E-state index in [0.29, 0.717) is 12.3 Å². The van der Waals surface area contributed by atoms with E-state index < -0.39 is 5.97 Å². The number of nitrogens with zero attached hydrogens (tertiary/aromatic N) is 1. The van der Waals surface area contributed by atoms with Gasteiger partial charge in [0.2, 0.25) is 0 Å². The number of aryl methyl sites for hydroxylation is 1. The second kappa shape index (κ2) is 8.48. The molecular formula is C25H25NO3. The lowest BCUT2D eigenvalue weighted by atomic mass is 9.88. The highest BCUT2D eigenvalue weighted by molar-refractivity contribution is 5.98. The van der Waals surface area contributed by atoms with Crippen molar-refractivity contribution in [3.63, 3.8) is 0 Å².